The molecule has 4 rings (SSSR count). The summed E-state index contributed by atoms with van der Waals surface area (Å²) in [5.41, 5.74) is 1.17. The van der Waals surface area contributed by atoms with Gasteiger partial charge in [0.15, 0.2) is 5.13 Å². The second-order valence-corrected chi connectivity index (χ2v) is 8.78. The summed E-state index contributed by atoms with van der Waals surface area (Å²) in [5.74, 6) is -1.47. The highest BCUT2D eigenvalue weighted by atomic mass is 32.1. The molecule has 36 heavy (non-hydrogen) atoms. The normalized spacial score (nSPS) is 16.8. The highest BCUT2D eigenvalue weighted by molar-refractivity contribution is 7.17. The van der Waals surface area contributed by atoms with E-state index in [1.54, 1.807) is 62.4 Å². The van der Waals surface area contributed by atoms with Gasteiger partial charge in [0.05, 0.1) is 38.1 Å². The molecule has 1 unspecified atom stereocenters. The summed E-state index contributed by atoms with van der Waals surface area (Å²) in [6.45, 7) is 3.50. The fourth-order valence-corrected chi connectivity index (χ4v) is 4.89. The van der Waals surface area contributed by atoms with Crippen LogP contribution in [0.5, 0.6) is 11.5 Å². The van der Waals surface area contributed by atoms with E-state index in [9.17, 15) is 19.5 Å². The molecule has 186 valence electrons. The first-order valence-corrected chi connectivity index (χ1v) is 11.9. The van der Waals surface area contributed by atoms with Gasteiger partial charge < -0.3 is 19.3 Å². The van der Waals surface area contributed by atoms with Crippen LogP contribution in [0.25, 0.3) is 5.76 Å². The number of rotatable bonds is 7. The molecule has 1 atom stereocenters. The third-order valence-corrected chi connectivity index (χ3v) is 6.83. The van der Waals surface area contributed by atoms with Gasteiger partial charge in [-0.15, -0.1) is 0 Å². The first-order valence-electron chi connectivity index (χ1n) is 11.0. The number of methoxy groups -OCH3 is 2. The van der Waals surface area contributed by atoms with Crippen LogP contribution in [0.1, 0.15) is 39.5 Å². The predicted molar refractivity (Wildman–Crippen MR) is 134 cm³/mol. The van der Waals surface area contributed by atoms with E-state index in [0.29, 0.717) is 28.3 Å². The van der Waals surface area contributed by atoms with Crippen LogP contribution in [0.15, 0.2) is 54.1 Å². The number of amides is 1. The van der Waals surface area contributed by atoms with Crippen LogP contribution in [0.2, 0.25) is 0 Å². The molecule has 0 aliphatic carbocycles. The monoisotopic (exact) mass is 508 g/mol. The van der Waals surface area contributed by atoms with Gasteiger partial charge in [0.1, 0.15) is 22.1 Å². The average Bonchev–Trinajstić information content (AvgIpc) is 3.40. The molecule has 1 fully saturated rings. The van der Waals surface area contributed by atoms with Gasteiger partial charge in [-0.1, -0.05) is 23.5 Å². The maximum absolute atomic E-state index is 13.3. The van der Waals surface area contributed by atoms with Crippen molar-refractivity contribution in [2.45, 2.75) is 19.9 Å². The van der Waals surface area contributed by atoms with E-state index in [-0.39, 0.29) is 27.9 Å². The summed E-state index contributed by atoms with van der Waals surface area (Å²) in [4.78, 5) is 44.8. The molecule has 1 amide bonds. The Labute approximate surface area is 211 Å². The molecular weight excluding hydrogens is 484 g/mol. The summed E-state index contributed by atoms with van der Waals surface area (Å²) in [7, 11) is 3.05. The summed E-state index contributed by atoms with van der Waals surface area (Å²) in [6.07, 6.45) is 0. The highest BCUT2D eigenvalue weighted by Crippen LogP contribution is 2.44. The second kappa shape index (κ2) is 10.2. The molecule has 2 heterocycles. The summed E-state index contributed by atoms with van der Waals surface area (Å²) < 4.78 is 15.5. The molecule has 0 bridgehead atoms. The fourth-order valence-electron chi connectivity index (χ4n) is 3.91. The SMILES string of the molecule is CCOC(=O)c1sc(N2C(=O)C(=O)C(=C(O)c3ccc(OC)cc3)C2c2ccc(OC)cc2)nc1C. The maximum atomic E-state index is 13.3. The summed E-state index contributed by atoms with van der Waals surface area (Å²) >= 11 is 0.953. The second-order valence-electron chi connectivity index (χ2n) is 7.80. The number of aryl methyl sites for hydroxylation is 1. The van der Waals surface area contributed by atoms with Gasteiger partial charge in [0.2, 0.25) is 0 Å². The molecule has 0 saturated carbocycles. The number of carbonyl (C=O) groups excluding carboxylic acids is 3. The van der Waals surface area contributed by atoms with Crippen molar-refractivity contribution in [3.05, 3.63) is 75.8 Å². The number of aliphatic hydroxyl groups is 1. The first kappa shape index (κ1) is 24.9. The molecule has 1 N–H and O–H groups in total. The van der Waals surface area contributed by atoms with E-state index in [1.807, 2.05) is 0 Å². The molecule has 3 aromatic rings. The zero-order chi connectivity index (χ0) is 26.0. The fraction of sp³-hybridized carbons (Fsp3) is 0.231. The van der Waals surface area contributed by atoms with Gasteiger partial charge in [0.25, 0.3) is 5.78 Å². The van der Waals surface area contributed by atoms with Gasteiger partial charge in [-0.2, -0.15) is 0 Å². The Morgan fingerprint density at radius 2 is 1.61 bits per heavy atom. The van der Waals surface area contributed by atoms with E-state index in [2.05, 4.69) is 4.98 Å². The Morgan fingerprint density at radius 3 is 2.17 bits per heavy atom. The summed E-state index contributed by atoms with van der Waals surface area (Å²) in [5, 5.41) is 11.4. The van der Waals surface area contributed by atoms with Crippen molar-refractivity contribution in [1.82, 2.24) is 4.98 Å². The van der Waals surface area contributed by atoms with Crippen molar-refractivity contribution in [2.24, 2.45) is 0 Å². The molecule has 9 nitrogen and oxygen atoms in total. The lowest BCUT2D eigenvalue weighted by Crippen LogP contribution is -2.29. The molecular formula is C26H24N2O7S. The molecule has 2 aromatic carbocycles. The van der Waals surface area contributed by atoms with Crippen molar-refractivity contribution in [3.63, 3.8) is 0 Å². The molecule has 1 saturated heterocycles. The van der Waals surface area contributed by atoms with Crippen molar-refractivity contribution >= 4 is 39.9 Å². The first-order chi connectivity index (χ1) is 17.3. The van der Waals surface area contributed by atoms with Crippen LogP contribution in [0, 0.1) is 6.92 Å². The number of ketones is 1. The Kier molecular flexibility index (Phi) is 7.07. The van der Waals surface area contributed by atoms with Crippen LogP contribution in [0.4, 0.5) is 5.13 Å². The van der Waals surface area contributed by atoms with Crippen LogP contribution in [-0.4, -0.2) is 48.6 Å². The standard InChI is InChI=1S/C26H24N2O7S/c1-5-35-25(32)23-14(2)27-26(36-23)28-20(15-6-10-17(33-3)11-7-15)19(22(30)24(28)31)21(29)16-8-12-18(34-4)13-9-16/h6-13,20,29H,5H2,1-4H3. The van der Waals surface area contributed by atoms with E-state index < -0.39 is 23.7 Å². The third kappa shape index (κ3) is 4.42. The van der Waals surface area contributed by atoms with Crippen LogP contribution in [0.3, 0.4) is 0 Å². The average molecular weight is 509 g/mol. The zero-order valence-corrected chi connectivity index (χ0v) is 20.9. The number of anilines is 1. The van der Waals surface area contributed by atoms with E-state index in [0.717, 1.165) is 11.3 Å². The van der Waals surface area contributed by atoms with E-state index >= 15 is 0 Å². The molecule has 10 heteroatoms. The molecule has 1 aliphatic heterocycles. The Hall–Kier alpha value is -4.18. The molecule has 0 spiro atoms. The van der Waals surface area contributed by atoms with Gasteiger partial charge in [-0.05, 0) is 55.8 Å². The Balaban J connectivity index is 1.89. The number of ether oxygens (including phenoxy) is 3. The number of benzene rings is 2. The molecule has 0 radical (unpaired) electrons. The summed E-state index contributed by atoms with van der Waals surface area (Å²) in [6, 6.07) is 12.3. The minimum Gasteiger partial charge on any atom is -0.507 e. The number of hydrogen-bond acceptors (Lipinski definition) is 9. The third-order valence-electron chi connectivity index (χ3n) is 5.69. The quantitative estimate of drug-likeness (QED) is 0.218. The van der Waals surface area contributed by atoms with E-state index in [1.165, 1.54) is 19.1 Å². The number of esters is 1. The minimum atomic E-state index is -0.987. The lowest BCUT2D eigenvalue weighted by molar-refractivity contribution is -0.132. The minimum absolute atomic E-state index is 0.0964. The van der Waals surface area contributed by atoms with Crippen molar-refractivity contribution in [3.8, 4) is 11.5 Å². The number of Topliss-reactive ketones (excluding diaryl/α,β-unsaturated/α-hetero) is 1. The topological polar surface area (TPSA) is 115 Å². The lowest BCUT2D eigenvalue weighted by atomic mass is 9.95. The number of nitrogens with zero attached hydrogens (tertiary/aromatic N) is 2. The van der Waals surface area contributed by atoms with Gasteiger partial charge in [-0.25, -0.2) is 9.78 Å². The van der Waals surface area contributed by atoms with Gasteiger partial charge in [0, 0.05) is 5.56 Å². The Morgan fingerprint density at radius 1 is 1.03 bits per heavy atom. The predicted octanol–water partition coefficient (Wildman–Crippen LogP) is 4.27. The number of aromatic nitrogens is 1. The van der Waals surface area contributed by atoms with E-state index in [4.69, 9.17) is 14.2 Å². The zero-order valence-electron chi connectivity index (χ0n) is 20.1. The lowest BCUT2D eigenvalue weighted by Gasteiger charge is -2.23. The largest absolute Gasteiger partial charge is 0.507 e. The number of hydrogen-bond donors (Lipinski definition) is 1. The van der Waals surface area contributed by atoms with Crippen LogP contribution < -0.4 is 14.4 Å². The van der Waals surface area contributed by atoms with Crippen molar-refractivity contribution in [2.75, 3.05) is 25.7 Å². The number of aliphatic hydroxyl groups excluding tert-OH is 1. The van der Waals surface area contributed by atoms with Gasteiger partial charge in [-0.3, -0.25) is 14.5 Å². The maximum Gasteiger partial charge on any atom is 0.350 e. The van der Waals surface area contributed by atoms with Crippen LogP contribution >= 0.6 is 11.3 Å². The van der Waals surface area contributed by atoms with Crippen molar-refractivity contribution in [1.29, 1.82) is 0 Å². The van der Waals surface area contributed by atoms with Crippen molar-refractivity contribution < 1.29 is 33.7 Å². The smallest absolute Gasteiger partial charge is 0.350 e. The Bertz CT molecular complexity index is 1340. The highest BCUT2D eigenvalue weighted by Gasteiger charge is 2.48. The van der Waals surface area contributed by atoms with Gasteiger partial charge >= 0.3 is 11.9 Å². The molecule has 1 aromatic heterocycles. The number of thiazole rings is 1. The molecule has 1 aliphatic rings. The van der Waals surface area contributed by atoms with Crippen LogP contribution in [-0.2, 0) is 14.3 Å². The number of carbonyl (C=O) groups is 3.